The number of hydrogen-bond donors (Lipinski definition) is 2. The molecule has 1 radical (unpaired) electrons. The molecule has 51 valence electrons. The monoisotopic (exact) mass is 203 g/mol. The minimum Gasteiger partial charge on any atom is -0.372 e. The molecule has 1 amide bonds. The van der Waals surface area contributed by atoms with Crippen LogP contribution in [0.1, 0.15) is 0 Å². The van der Waals surface area contributed by atoms with Crippen LogP contribution in [0, 0.1) is 19.8 Å². The summed E-state index contributed by atoms with van der Waals surface area (Å²) in [5.74, 6) is -1.08. The van der Waals surface area contributed by atoms with Crippen molar-refractivity contribution in [1.29, 1.82) is 0 Å². The molecule has 0 aromatic rings. The third kappa shape index (κ3) is 5.00. The maximum Gasteiger partial charge on any atom is 0.189 e. The summed E-state index contributed by atoms with van der Waals surface area (Å²) in [4.78, 5) is 10.2. The van der Waals surface area contributed by atoms with E-state index in [1.54, 1.807) is 0 Å². The Morgan fingerprint density at radius 2 is 1.78 bits per heavy atom. The van der Waals surface area contributed by atoms with Gasteiger partial charge in [0.15, 0.2) is 5.91 Å². The SMILES string of the molecule is [CH2-]C(N)C([CH2-])C(N)=O.[Y]. The first kappa shape index (κ1) is 12.2. The summed E-state index contributed by atoms with van der Waals surface area (Å²) >= 11 is 0. The van der Waals surface area contributed by atoms with Crippen LogP contribution in [0.25, 0.3) is 0 Å². The molecule has 2 unspecified atom stereocenters. The Morgan fingerprint density at radius 3 is 1.78 bits per heavy atom. The van der Waals surface area contributed by atoms with Gasteiger partial charge in [-0.1, -0.05) is 0 Å². The number of hydrogen-bond acceptors (Lipinski definition) is 2. The molecule has 0 aliphatic rings. The predicted molar refractivity (Wildman–Crippen MR) is 31.4 cm³/mol. The maximum absolute atomic E-state index is 10.2. The molecule has 0 spiro atoms. The van der Waals surface area contributed by atoms with E-state index in [1.807, 2.05) is 0 Å². The summed E-state index contributed by atoms with van der Waals surface area (Å²) in [5.41, 5.74) is 9.98. The molecule has 0 saturated heterocycles. The van der Waals surface area contributed by atoms with E-state index >= 15 is 0 Å². The minimum absolute atomic E-state index is 0. The Morgan fingerprint density at radius 1 is 1.44 bits per heavy atom. The summed E-state index contributed by atoms with van der Waals surface area (Å²) in [6.07, 6.45) is 0. The second-order valence-electron chi connectivity index (χ2n) is 1.67. The Balaban J connectivity index is 0. The fraction of sp³-hybridized carbons (Fsp3) is 0.400. The molecule has 0 heterocycles. The molecule has 9 heavy (non-hydrogen) atoms. The van der Waals surface area contributed by atoms with Gasteiger partial charge in [-0.25, -0.2) is 0 Å². The van der Waals surface area contributed by atoms with Crippen LogP contribution in [0.3, 0.4) is 0 Å². The first-order chi connectivity index (χ1) is 3.55. The van der Waals surface area contributed by atoms with Crippen LogP contribution in [-0.4, -0.2) is 11.9 Å². The third-order valence-electron chi connectivity index (χ3n) is 0.882. The predicted octanol–water partition coefficient (Wildman–Crippen LogP) is -0.919. The van der Waals surface area contributed by atoms with Crippen molar-refractivity contribution in [3.63, 3.8) is 0 Å². The van der Waals surface area contributed by atoms with Crippen molar-refractivity contribution in [3.8, 4) is 0 Å². The molecule has 3 nitrogen and oxygen atoms in total. The number of primary amides is 1. The van der Waals surface area contributed by atoms with Crippen LogP contribution >= 0.6 is 0 Å². The van der Waals surface area contributed by atoms with Crippen LogP contribution in [0.4, 0.5) is 0 Å². The third-order valence-corrected chi connectivity index (χ3v) is 0.882. The van der Waals surface area contributed by atoms with Gasteiger partial charge in [0.1, 0.15) is 0 Å². The van der Waals surface area contributed by atoms with E-state index in [9.17, 15) is 4.79 Å². The Bertz CT molecular complexity index is 95.0. The molecule has 0 saturated carbocycles. The van der Waals surface area contributed by atoms with Gasteiger partial charge in [0.2, 0.25) is 0 Å². The van der Waals surface area contributed by atoms with E-state index in [-0.39, 0.29) is 32.7 Å². The maximum atomic E-state index is 10.2. The van der Waals surface area contributed by atoms with Gasteiger partial charge in [-0.15, -0.1) is 12.0 Å². The van der Waals surface area contributed by atoms with Crippen molar-refractivity contribution in [2.75, 3.05) is 0 Å². The van der Waals surface area contributed by atoms with E-state index in [1.165, 1.54) is 0 Å². The van der Waals surface area contributed by atoms with Gasteiger partial charge in [0.05, 0.1) is 0 Å². The van der Waals surface area contributed by atoms with Gasteiger partial charge >= 0.3 is 0 Å². The molecule has 0 fully saturated rings. The summed E-state index contributed by atoms with van der Waals surface area (Å²) < 4.78 is 0. The van der Waals surface area contributed by atoms with Crippen molar-refractivity contribution >= 4 is 5.91 Å². The van der Waals surface area contributed by atoms with E-state index < -0.39 is 17.9 Å². The topological polar surface area (TPSA) is 69.1 Å². The van der Waals surface area contributed by atoms with Crippen molar-refractivity contribution in [2.45, 2.75) is 6.04 Å². The first-order valence-electron chi connectivity index (χ1n) is 2.26. The Kier molecular flexibility index (Phi) is 7.24. The zero-order valence-corrected chi connectivity index (χ0v) is 8.05. The summed E-state index contributed by atoms with van der Waals surface area (Å²) in [7, 11) is 0. The molecular weight excluding hydrogens is 193 g/mol. The van der Waals surface area contributed by atoms with E-state index in [0.29, 0.717) is 0 Å². The number of amides is 1. The van der Waals surface area contributed by atoms with Gasteiger partial charge in [-0.3, -0.25) is 4.79 Å². The van der Waals surface area contributed by atoms with Crippen LogP contribution in [0.2, 0.25) is 0 Å². The molecule has 0 bridgehead atoms. The Labute approximate surface area is 80.4 Å². The molecule has 2 atom stereocenters. The summed E-state index contributed by atoms with van der Waals surface area (Å²) in [5, 5.41) is 0. The van der Waals surface area contributed by atoms with E-state index in [4.69, 9.17) is 11.5 Å². The van der Waals surface area contributed by atoms with E-state index in [2.05, 4.69) is 13.8 Å². The number of nitrogens with two attached hydrogens (primary N) is 2. The van der Waals surface area contributed by atoms with Crippen molar-refractivity contribution in [1.82, 2.24) is 0 Å². The van der Waals surface area contributed by atoms with Crippen molar-refractivity contribution < 1.29 is 37.5 Å². The number of carbonyl (C=O) groups is 1. The molecule has 0 aromatic carbocycles. The average molecular weight is 203 g/mol. The largest absolute Gasteiger partial charge is 0.372 e. The van der Waals surface area contributed by atoms with Gasteiger partial charge < -0.3 is 25.3 Å². The first-order valence-corrected chi connectivity index (χ1v) is 2.26. The number of rotatable bonds is 2. The molecule has 0 aliphatic heterocycles. The average Bonchev–Trinajstić information content (AvgIpc) is 1.64. The van der Waals surface area contributed by atoms with Crippen LogP contribution in [0.15, 0.2) is 0 Å². The van der Waals surface area contributed by atoms with Crippen LogP contribution in [-0.2, 0) is 37.5 Å². The smallest absolute Gasteiger partial charge is 0.189 e. The zero-order chi connectivity index (χ0) is 6.73. The number of carbonyl (C=O) groups excluding carboxylic acids is 1. The molecule has 0 rings (SSSR count). The summed E-state index contributed by atoms with van der Waals surface area (Å²) in [6.45, 7) is 6.75. The fourth-order valence-corrected chi connectivity index (χ4v) is 0.211. The zero-order valence-electron chi connectivity index (χ0n) is 5.21. The van der Waals surface area contributed by atoms with Crippen molar-refractivity contribution in [2.24, 2.45) is 17.4 Å². The molecule has 4 heteroatoms. The minimum atomic E-state index is -0.574. The molecule has 0 aromatic heterocycles. The molecular formula is C5H10N2OY-2. The van der Waals surface area contributed by atoms with Gasteiger partial charge in [-0.05, 0) is 0 Å². The van der Waals surface area contributed by atoms with E-state index in [0.717, 1.165) is 0 Å². The molecule has 4 N–H and O–H groups in total. The van der Waals surface area contributed by atoms with Gasteiger partial charge in [0.25, 0.3) is 0 Å². The van der Waals surface area contributed by atoms with Crippen LogP contribution in [0.5, 0.6) is 0 Å². The second kappa shape index (κ2) is 5.33. The van der Waals surface area contributed by atoms with Gasteiger partial charge in [0, 0.05) is 32.7 Å². The standard InChI is InChI=1S/C5H10N2O.Y/c1-3(4(2)6)5(7)8;/h3-4H,1-2,6H2,(H2,7,8);/q-2;. The normalized spacial score (nSPS) is 15.4. The summed E-state index contributed by atoms with van der Waals surface area (Å²) in [6, 6.07) is -0.493. The van der Waals surface area contributed by atoms with Gasteiger partial charge in [-0.2, -0.15) is 0 Å². The second-order valence-corrected chi connectivity index (χ2v) is 1.67. The van der Waals surface area contributed by atoms with Crippen LogP contribution < -0.4 is 11.5 Å². The van der Waals surface area contributed by atoms with Crippen molar-refractivity contribution in [3.05, 3.63) is 13.8 Å². The Hall–Kier alpha value is 0.534. The quantitative estimate of drug-likeness (QED) is 0.570. The molecule has 0 aliphatic carbocycles. The fourth-order valence-electron chi connectivity index (χ4n) is 0.211.